The van der Waals surface area contributed by atoms with Gasteiger partial charge in [0, 0.05) is 6.92 Å². The Kier molecular flexibility index (Phi) is 3.62. The maximum absolute atomic E-state index is 10.7. The Morgan fingerprint density at radius 1 is 1.64 bits per heavy atom. The van der Waals surface area contributed by atoms with Crippen LogP contribution < -0.4 is 10.5 Å². The number of hydrogen-bond acceptors (Lipinski definition) is 4. The van der Waals surface area contributed by atoms with E-state index in [0.29, 0.717) is 5.75 Å². The first-order chi connectivity index (χ1) is 6.63. The minimum atomic E-state index is -0.439. The molecule has 4 heteroatoms. The number of carbonyl (C=O) groups excluding carboxylic acids is 1. The zero-order valence-corrected chi connectivity index (χ0v) is 7.93. The van der Waals surface area contributed by atoms with Crippen molar-refractivity contribution in [3.05, 3.63) is 29.8 Å². The molecule has 0 amide bonds. The third kappa shape index (κ3) is 2.83. The largest absolute Gasteiger partial charge is 0.427 e. The minimum absolute atomic E-state index is 0.135. The van der Waals surface area contributed by atoms with Gasteiger partial charge in [-0.2, -0.15) is 0 Å². The lowest BCUT2D eigenvalue weighted by molar-refractivity contribution is -0.131. The molecule has 0 saturated carbocycles. The molecule has 0 aliphatic heterocycles. The van der Waals surface area contributed by atoms with Crippen LogP contribution in [0.15, 0.2) is 24.3 Å². The average Bonchev–Trinajstić information content (AvgIpc) is 2.16. The molecule has 14 heavy (non-hydrogen) atoms. The van der Waals surface area contributed by atoms with Crippen LogP contribution in [-0.2, 0) is 4.79 Å². The van der Waals surface area contributed by atoms with Crippen LogP contribution in [-0.4, -0.2) is 17.7 Å². The van der Waals surface area contributed by atoms with Crippen LogP contribution in [0.3, 0.4) is 0 Å². The second kappa shape index (κ2) is 4.74. The molecule has 1 rings (SSSR count). The zero-order valence-electron chi connectivity index (χ0n) is 7.93. The van der Waals surface area contributed by atoms with E-state index in [2.05, 4.69) is 0 Å². The van der Waals surface area contributed by atoms with Crippen molar-refractivity contribution in [3.63, 3.8) is 0 Å². The van der Waals surface area contributed by atoms with Crippen molar-refractivity contribution >= 4 is 5.97 Å². The van der Waals surface area contributed by atoms with Gasteiger partial charge in [-0.3, -0.25) is 4.79 Å². The fourth-order valence-electron chi connectivity index (χ4n) is 1.08. The second-order valence-corrected chi connectivity index (χ2v) is 2.96. The number of carbonyl (C=O) groups is 1. The van der Waals surface area contributed by atoms with E-state index in [0.717, 1.165) is 5.56 Å². The third-order valence-corrected chi connectivity index (χ3v) is 1.74. The molecule has 0 radical (unpaired) electrons. The Labute approximate surface area is 82.3 Å². The van der Waals surface area contributed by atoms with Crippen molar-refractivity contribution in [1.29, 1.82) is 0 Å². The molecule has 0 heterocycles. The fourth-order valence-corrected chi connectivity index (χ4v) is 1.08. The number of aliphatic hydroxyl groups excluding tert-OH is 1. The maximum atomic E-state index is 10.7. The summed E-state index contributed by atoms with van der Waals surface area (Å²) in [6, 6.07) is 6.36. The highest BCUT2D eigenvalue weighted by Crippen LogP contribution is 2.17. The molecular formula is C10H13NO3. The number of rotatable bonds is 3. The Morgan fingerprint density at radius 2 is 2.36 bits per heavy atom. The minimum Gasteiger partial charge on any atom is -0.427 e. The monoisotopic (exact) mass is 195 g/mol. The molecule has 0 spiro atoms. The summed E-state index contributed by atoms with van der Waals surface area (Å²) in [5, 5.41) is 8.83. The summed E-state index contributed by atoms with van der Waals surface area (Å²) in [4.78, 5) is 10.7. The highest BCUT2D eigenvalue weighted by atomic mass is 16.5. The molecule has 0 aliphatic carbocycles. The van der Waals surface area contributed by atoms with Gasteiger partial charge in [0.05, 0.1) is 12.6 Å². The molecule has 0 fully saturated rings. The summed E-state index contributed by atoms with van der Waals surface area (Å²) in [7, 11) is 0. The summed E-state index contributed by atoms with van der Waals surface area (Å²) in [5.74, 6) is 0.0682. The Bertz CT molecular complexity index is 325. The van der Waals surface area contributed by atoms with Gasteiger partial charge in [0.25, 0.3) is 0 Å². The standard InChI is InChI=1S/C10H13NO3/c1-7(13)14-9-4-2-3-8(5-9)10(11)6-12/h2-5,10,12H,6,11H2,1H3/t10-/m1/s1. The topological polar surface area (TPSA) is 72.5 Å². The molecule has 0 saturated heterocycles. The Balaban J connectivity index is 2.83. The van der Waals surface area contributed by atoms with E-state index < -0.39 is 6.04 Å². The molecule has 76 valence electrons. The lowest BCUT2D eigenvalue weighted by atomic mass is 10.1. The molecule has 3 N–H and O–H groups in total. The number of ether oxygens (including phenoxy) is 1. The van der Waals surface area contributed by atoms with Gasteiger partial charge < -0.3 is 15.6 Å². The van der Waals surface area contributed by atoms with Crippen LogP contribution in [0.1, 0.15) is 18.5 Å². The number of aliphatic hydroxyl groups is 1. The molecule has 0 unspecified atom stereocenters. The smallest absolute Gasteiger partial charge is 0.308 e. The molecular weight excluding hydrogens is 182 g/mol. The van der Waals surface area contributed by atoms with Crippen molar-refractivity contribution in [2.24, 2.45) is 5.73 Å². The van der Waals surface area contributed by atoms with Gasteiger partial charge in [-0.15, -0.1) is 0 Å². The second-order valence-electron chi connectivity index (χ2n) is 2.96. The van der Waals surface area contributed by atoms with Crippen LogP contribution in [0.4, 0.5) is 0 Å². The predicted octanol–water partition coefficient (Wildman–Crippen LogP) is 0.604. The molecule has 0 bridgehead atoms. The lowest BCUT2D eigenvalue weighted by Crippen LogP contribution is -2.14. The van der Waals surface area contributed by atoms with Crippen molar-refractivity contribution < 1.29 is 14.6 Å². The molecule has 1 atom stereocenters. The van der Waals surface area contributed by atoms with Gasteiger partial charge in [0.1, 0.15) is 5.75 Å². The van der Waals surface area contributed by atoms with E-state index in [4.69, 9.17) is 15.6 Å². The highest BCUT2D eigenvalue weighted by molar-refractivity contribution is 5.69. The van der Waals surface area contributed by atoms with Gasteiger partial charge in [-0.05, 0) is 17.7 Å². The van der Waals surface area contributed by atoms with Crippen molar-refractivity contribution in [2.45, 2.75) is 13.0 Å². The highest BCUT2D eigenvalue weighted by Gasteiger charge is 2.05. The number of benzene rings is 1. The Morgan fingerprint density at radius 3 is 2.93 bits per heavy atom. The molecule has 1 aromatic rings. The average molecular weight is 195 g/mol. The van der Waals surface area contributed by atoms with Crippen molar-refractivity contribution in [1.82, 2.24) is 0 Å². The fraction of sp³-hybridized carbons (Fsp3) is 0.300. The SMILES string of the molecule is CC(=O)Oc1cccc([C@H](N)CO)c1. The van der Waals surface area contributed by atoms with Crippen LogP contribution >= 0.6 is 0 Å². The third-order valence-electron chi connectivity index (χ3n) is 1.74. The molecule has 0 aliphatic rings. The molecule has 0 aromatic heterocycles. The van der Waals surface area contributed by atoms with E-state index in [1.54, 1.807) is 24.3 Å². The summed E-state index contributed by atoms with van der Waals surface area (Å²) in [6.45, 7) is 1.20. The van der Waals surface area contributed by atoms with Crippen LogP contribution in [0, 0.1) is 0 Å². The maximum Gasteiger partial charge on any atom is 0.308 e. The first-order valence-electron chi connectivity index (χ1n) is 4.28. The first kappa shape index (κ1) is 10.7. The summed E-state index contributed by atoms with van der Waals surface area (Å²) in [5.41, 5.74) is 6.35. The van der Waals surface area contributed by atoms with Crippen LogP contribution in [0.2, 0.25) is 0 Å². The predicted molar refractivity (Wildman–Crippen MR) is 51.8 cm³/mol. The number of hydrogen-bond donors (Lipinski definition) is 2. The normalized spacial score (nSPS) is 12.2. The molecule has 4 nitrogen and oxygen atoms in total. The summed E-state index contributed by atoms with van der Waals surface area (Å²) >= 11 is 0. The summed E-state index contributed by atoms with van der Waals surface area (Å²) in [6.07, 6.45) is 0. The van der Waals surface area contributed by atoms with Crippen LogP contribution in [0.5, 0.6) is 5.75 Å². The number of nitrogens with two attached hydrogens (primary N) is 1. The van der Waals surface area contributed by atoms with Gasteiger partial charge in [-0.25, -0.2) is 0 Å². The van der Waals surface area contributed by atoms with Gasteiger partial charge in [0.2, 0.25) is 0 Å². The van der Waals surface area contributed by atoms with Gasteiger partial charge in [0.15, 0.2) is 0 Å². The van der Waals surface area contributed by atoms with E-state index in [1.165, 1.54) is 6.92 Å². The number of esters is 1. The van der Waals surface area contributed by atoms with E-state index in [1.807, 2.05) is 0 Å². The van der Waals surface area contributed by atoms with E-state index in [9.17, 15) is 4.79 Å². The summed E-state index contributed by atoms with van der Waals surface area (Å²) < 4.78 is 4.87. The Hall–Kier alpha value is -1.39. The first-order valence-corrected chi connectivity index (χ1v) is 4.28. The van der Waals surface area contributed by atoms with E-state index >= 15 is 0 Å². The van der Waals surface area contributed by atoms with Crippen molar-refractivity contribution in [2.75, 3.05) is 6.61 Å². The molecule has 1 aromatic carbocycles. The zero-order chi connectivity index (χ0) is 10.6. The van der Waals surface area contributed by atoms with Gasteiger partial charge in [-0.1, -0.05) is 12.1 Å². The quantitative estimate of drug-likeness (QED) is 0.547. The van der Waals surface area contributed by atoms with Crippen LogP contribution in [0.25, 0.3) is 0 Å². The lowest BCUT2D eigenvalue weighted by Gasteiger charge is -2.09. The van der Waals surface area contributed by atoms with Crippen molar-refractivity contribution in [3.8, 4) is 5.75 Å². The van der Waals surface area contributed by atoms with Gasteiger partial charge >= 0.3 is 5.97 Å². The van der Waals surface area contributed by atoms with E-state index in [-0.39, 0.29) is 12.6 Å².